The highest BCUT2D eigenvalue weighted by molar-refractivity contribution is 5.15. The maximum atomic E-state index is 5.20. The molecule has 0 saturated heterocycles. The van der Waals surface area contributed by atoms with Crippen LogP contribution in [0.3, 0.4) is 0 Å². The van der Waals surface area contributed by atoms with Gasteiger partial charge in [-0.2, -0.15) is 4.98 Å². The first-order valence-electron chi connectivity index (χ1n) is 6.93. The molecule has 0 amide bonds. The van der Waals surface area contributed by atoms with Crippen LogP contribution < -0.4 is 5.32 Å². The number of hydrogen-bond donors (Lipinski definition) is 1. The van der Waals surface area contributed by atoms with E-state index in [9.17, 15) is 0 Å². The standard InChI is InChI=1S/C14H22N4O/c1-4-7-15-11(3)12-6-8-18(9-12)10-14-16-13(5-2)17-19-14/h6,8-9,11,15H,4-5,7,10H2,1-3H3. The van der Waals surface area contributed by atoms with Crippen molar-refractivity contribution in [3.8, 4) is 0 Å². The van der Waals surface area contributed by atoms with Crippen molar-refractivity contribution >= 4 is 0 Å². The van der Waals surface area contributed by atoms with Gasteiger partial charge in [0.1, 0.15) is 6.54 Å². The predicted molar refractivity (Wildman–Crippen MR) is 73.9 cm³/mol. The van der Waals surface area contributed by atoms with Crippen LogP contribution in [-0.2, 0) is 13.0 Å². The third kappa shape index (κ3) is 3.67. The molecular formula is C14H22N4O. The molecule has 1 atom stereocenters. The van der Waals surface area contributed by atoms with E-state index in [-0.39, 0.29) is 0 Å². The molecule has 19 heavy (non-hydrogen) atoms. The van der Waals surface area contributed by atoms with Gasteiger partial charge in [-0.05, 0) is 31.5 Å². The van der Waals surface area contributed by atoms with Crippen molar-refractivity contribution in [2.45, 2.75) is 46.2 Å². The molecule has 0 bridgehead atoms. The summed E-state index contributed by atoms with van der Waals surface area (Å²) in [6.45, 7) is 8.04. The highest BCUT2D eigenvalue weighted by Crippen LogP contribution is 2.13. The molecule has 0 fully saturated rings. The Labute approximate surface area is 114 Å². The molecule has 5 nitrogen and oxygen atoms in total. The molecule has 0 aromatic carbocycles. The molecule has 2 aromatic rings. The average Bonchev–Trinajstić information content (AvgIpc) is 3.05. The van der Waals surface area contributed by atoms with Gasteiger partial charge in [0.25, 0.3) is 0 Å². The second kappa shape index (κ2) is 6.52. The Bertz CT molecular complexity index is 503. The van der Waals surface area contributed by atoms with Crippen LogP contribution in [0.1, 0.15) is 50.5 Å². The van der Waals surface area contributed by atoms with Crippen LogP contribution in [0, 0.1) is 0 Å². The highest BCUT2D eigenvalue weighted by Gasteiger charge is 2.08. The Balaban J connectivity index is 1.96. The summed E-state index contributed by atoms with van der Waals surface area (Å²) in [5.41, 5.74) is 1.28. The highest BCUT2D eigenvalue weighted by atomic mass is 16.5. The minimum Gasteiger partial charge on any atom is -0.345 e. The van der Waals surface area contributed by atoms with Crippen LogP contribution in [0.15, 0.2) is 23.0 Å². The van der Waals surface area contributed by atoms with Gasteiger partial charge in [0, 0.05) is 24.9 Å². The third-order valence-corrected chi connectivity index (χ3v) is 3.12. The van der Waals surface area contributed by atoms with Crippen molar-refractivity contribution in [2.24, 2.45) is 0 Å². The van der Waals surface area contributed by atoms with E-state index in [4.69, 9.17) is 4.52 Å². The Hall–Kier alpha value is -1.62. The molecule has 0 spiro atoms. The van der Waals surface area contributed by atoms with Crippen molar-refractivity contribution < 1.29 is 4.52 Å². The number of aryl methyl sites for hydroxylation is 1. The van der Waals surface area contributed by atoms with Crippen molar-refractivity contribution in [3.63, 3.8) is 0 Å². The quantitative estimate of drug-likeness (QED) is 0.833. The zero-order valence-corrected chi connectivity index (χ0v) is 11.9. The van der Waals surface area contributed by atoms with Crippen molar-refractivity contribution in [2.75, 3.05) is 6.54 Å². The zero-order valence-electron chi connectivity index (χ0n) is 11.9. The van der Waals surface area contributed by atoms with Gasteiger partial charge in [-0.25, -0.2) is 0 Å². The molecule has 1 N–H and O–H groups in total. The molecule has 0 aliphatic heterocycles. The smallest absolute Gasteiger partial charge is 0.246 e. The Morgan fingerprint density at radius 2 is 2.26 bits per heavy atom. The van der Waals surface area contributed by atoms with Crippen molar-refractivity contribution in [3.05, 3.63) is 35.7 Å². The topological polar surface area (TPSA) is 55.9 Å². The van der Waals surface area contributed by atoms with Gasteiger partial charge in [-0.1, -0.05) is 19.0 Å². The number of nitrogens with zero attached hydrogens (tertiary/aromatic N) is 3. The van der Waals surface area contributed by atoms with E-state index in [0.717, 1.165) is 25.2 Å². The van der Waals surface area contributed by atoms with Crippen LogP contribution in [-0.4, -0.2) is 21.3 Å². The molecule has 104 valence electrons. The van der Waals surface area contributed by atoms with Gasteiger partial charge in [-0.3, -0.25) is 0 Å². The van der Waals surface area contributed by atoms with Crippen LogP contribution in [0.25, 0.3) is 0 Å². The first-order chi connectivity index (χ1) is 9.22. The van der Waals surface area contributed by atoms with Gasteiger partial charge in [0.15, 0.2) is 5.82 Å². The lowest BCUT2D eigenvalue weighted by Crippen LogP contribution is -2.18. The minimum absolute atomic E-state index is 0.370. The molecule has 0 aliphatic rings. The molecule has 5 heteroatoms. The Kier molecular flexibility index (Phi) is 4.74. The molecular weight excluding hydrogens is 240 g/mol. The van der Waals surface area contributed by atoms with E-state index in [0.29, 0.717) is 18.5 Å². The van der Waals surface area contributed by atoms with E-state index in [1.54, 1.807) is 0 Å². The summed E-state index contributed by atoms with van der Waals surface area (Å²) in [5.74, 6) is 1.42. The fraction of sp³-hybridized carbons (Fsp3) is 0.571. The minimum atomic E-state index is 0.370. The monoisotopic (exact) mass is 262 g/mol. The van der Waals surface area contributed by atoms with Crippen LogP contribution in [0.5, 0.6) is 0 Å². The largest absolute Gasteiger partial charge is 0.345 e. The summed E-state index contributed by atoms with van der Waals surface area (Å²) >= 11 is 0. The molecule has 0 saturated carbocycles. The lowest BCUT2D eigenvalue weighted by Gasteiger charge is -2.10. The summed E-state index contributed by atoms with van der Waals surface area (Å²) in [5, 5.41) is 7.38. The molecule has 2 aromatic heterocycles. The molecule has 0 aliphatic carbocycles. The van der Waals surface area contributed by atoms with E-state index >= 15 is 0 Å². The van der Waals surface area contributed by atoms with E-state index < -0.39 is 0 Å². The summed E-state index contributed by atoms with van der Waals surface area (Å²) < 4.78 is 7.27. The van der Waals surface area contributed by atoms with Crippen molar-refractivity contribution in [1.82, 2.24) is 20.0 Å². The lowest BCUT2D eigenvalue weighted by molar-refractivity contribution is 0.366. The van der Waals surface area contributed by atoms with Gasteiger partial charge >= 0.3 is 0 Å². The molecule has 1 unspecified atom stereocenters. The average molecular weight is 262 g/mol. The van der Waals surface area contributed by atoms with Gasteiger partial charge < -0.3 is 14.4 Å². The Morgan fingerprint density at radius 3 is 2.95 bits per heavy atom. The maximum absolute atomic E-state index is 5.20. The fourth-order valence-corrected chi connectivity index (χ4v) is 1.95. The van der Waals surface area contributed by atoms with Crippen LogP contribution in [0.4, 0.5) is 0 Å². The first-order valence-corrected chi connectivity index (χ1v) is 6.93. The van der Waals surface area contributed by atoms with Crippen molar-refractivity contribution in [1.29, 1.82) is 0 Å². The summed E-state index contributed by atoms with van der Waals surface area (Å²) in [6.07, 6.45) is 6.13. The van der Waals surface area contributed by atoms with E-state index in [2.05, 4.69) is 52.3 Å². The summed E-state index contributed by atoms with van der Waals surface area (Å²) in [7, 11) is 0. The summed E-state index contributed by atoms with van der Waals surface area (Å²) in [4.78, 5) is 4.31. The fourth-order valence-electron chi connectivity index (χ4n) is 1.95. The lowest BCUT2D eigenvalue weighted by atomic mass is 10.2. The van der Waals surface area contributed by atoms with Crippen LogP contribution in [0.2, 0.25) is 0 Å². The SMILES string of the molecule is CCCNC(C)c1ccn(Cc2nc(CC)no2)c1. The number of rotatable bonds is 7. The number of hydrogen-bond acceptors (Lipinski definition) is 4. The van der Waals surface area contributed by atoms with Gasteiger partial charge in [-0.15, -0.1) is 0 Å². The number of nitrogens with one attached hydrogen (secondary N) is 1. The van der Waals surface area contributed by atoms with E-state index in [1.165, 1.54) is 5.56 Å². The van der Waals surface area contributed by atoms with Gasteiger partial charge in [0.2, 0.25) is 5.89 Å². The third-order valence-electron chi connectivity index (χ3n) is 3.12. The number of aromatic nitrogens is 3. The normalized spacial score (nSPS) is 12.8. The first kappa shape index (κ1) is 13.8. The summed E-state index contributed by atoms with van der Waals surface area (Å²) in [6, 6.07) is 2.50. The van der Waals surface area contributed by atoms with Gasteiger partial charge in [0.05, 0.1) is 0 Å². The molecule has 2 rings (SSSR count). The maximum Gasteiger partial charge on any atom is 0.246 e. The van der Waals surface area contributed by atoms with E-state index in [1.807, 2.05) is 6.92 Å². The Morgan fingerprint density at radius 1 is 1.42 bits per heavy atom. The second-order valence-corrected chi connectivity index (χ2v) is 4.75. The zero-order chi connectivity index (χ0) is 13.7. The molecule has 0 radical (unpaired) electrons. The second-order valence-electron chi connectivity index (χ2n) is 4.75. The predicted octanol–water partition coefficient (Wildman–Crippen LogP) is 2.54. The molecule has 2 heterocycles. The van der Waals surface area contributed by atoms with Crippen LogP contribution >= 0.6 is 0 Å².